The van der Waals surface area contributed by atoms with Crippen molar-refractivity contribution in [3.8, 4) is 11.8 Å². The highest BCUT2D eigenvalue weighted by molar-refractivity contribution is 5.93. The van der Waals surface area contributed by atoms with Gasteiger partial charge in [0.05, 0.1) is 23.9 Å². The molecule has 1 N–H and O–H groups in total. The molecule has 0 aliphatic heterocycles. The second-order valence-electron chi connectivity index (χ2n) is 5.81. The van der Waals surface area contributed by atoms with Gasteiger partial charge in [-0.15, -0.1) is 0 Å². The van der Waals surface area contributed by atoms with Gasteiger partial charge in [0.15, 0.2) is 5.76 Å². The minimum Gasteiger partial charge on any atom is -0.489 e. The summed E-state index contributed by atoms with van der Waals surface area (Å²) >= 11 is 0. The van der Waals surface area contributed by atoms with Gasteiger partial charge in [0.1, 0.15) is 12.4 Å². The molecule has 0 aliphatic rings. The van der Waals surface area contributed by atoms with E-state index in [9.17, 15) is 4.79 Å². The van der Waals surface area contributed by atoms with Gasteiger partial charge < -0.3 is 14.5 Å². The Labute approximate surface area is 151 Å². The van der Waals surface area contributed by atoms with Crippen LogP contribution >= 0.6 is 0 Å². The fraction of sp³-hybridized carbons (Fsp3) is 0.143. The Bertz CT molecular complexity index is 926. The molecule has 3 aromatic rings. The molecule has 0 bridgehead atoms. The van der Waals surface area contributed by atoms with Crippen LogP contribution < -0.4 is 10.1 Å². The normalized spacial score (nSPS) is 11.4. The average Bonchev–Trinajstić information content (AvgIpc) is 3.16. The molecular formula is C21H18N2O3. The molecule has 2 aromatic carbocycles. The summed E-state index contributed by atoms with van der Waals surface area (Å²) in [6.45, 7) is 2.10. The number of furan rings is 1. The van der Waals surface area contributed by atoms with Crippen LogP contribution in [-0.2, 0) is 6.61 Å². The van der Waals surface area contributed by atoms with Gasteiger partial charge in [-0.25, -0.2) is 0 Å². The van der Waals surface area contributed by atoms with Crippen molar-refractivity contribution in [1.29, 1.82) is 5.26 Å². The zero-order chi connectivity index (χ0) is 18.4. The van der Waals surface area contributed by atoms with E-state index in [4.69, 9.17) is 14.4 Å². The predicted molar refractivity (Wildman–Crippen MR) is 96.5 cm³/mol. The second-order valence-corrected chi connectivity index (χ2v) is 5.81. The topological polar surface area (TPSA) is 75.3 Å². The standard InChI is InChI=1S/C21H18N2O3/c1-15(17-7-5-6-16(12-17)13-22)23-21(24)20-18(10-11-25-20)14-26-19-8-3-2-4-9-19/h2-12,15H,14H2,1H3,(H,23,24). The number of nitrogens with zero attached hydrogens (tertiary/aromatic N) is 1. The van der Waals surface area contributed by atoms with Crippen LogP contribution in [0.25, 0.3) is 0 Å². The van der Waals surface area contributed by atoms with Crippen molar-refractivity contribution < 1.29 is 13.9 Å². The fourth-order valence-electron chi connectivity index (χ4n) is 2.55. The Morgan fingerprint density at radius 3 is 2.77 bits per heavy atom. The Morgan fingerprint density at radius 1 is 1.19 bits per heavy atom. The quantitative estimate of drug-likeness (QED) is 0.725. The molecule has 5 heteroatoms. The van der Waals surface area contributed by atoms with Gasteiger partial charge in [-0.3, -0.25) is 4.79 Å². The summed E-state index contributed by atoms with van der Waals surface area (Å²) in [4.78, 5) is 12.6. The summed E-state index contributed by atoms with van der Waals surface area (Å²) in [5.41, 5.74) is 2.08. The molecule has 0 aliphatic carbocycles. The SMILES string of the molecule is CC(NC(=O)c1occc1COc1ccccc1)c1cccc(C#N)c1. The van der Waals surface area contributed by atoms with Crippen LogP contribution in [0.3, 0.4) is 0 Å². The highest BCUT2D eigenvalue weighted by Gasteiger charge is 2.18. The third-order valence-electron chi connectivity index (χ3n) is 3.95. The zero-order valence-electron chi connectivity index (χ0n) is 14.3. The maximum Gasteiger partial charge on any atom is 0.287 e. The molecule has 5 nitrogen and oxygen atoms in total. The van der Waals surface area contributed by atoms with E-state index in [1.165, 1.54) is 6.26 Å². The van der Waals surface area contributed by atoms with Crippen LogP contribution in [-0.4, -0.2) is 5.91 Å². The molecule has 1 aromatic heterocycles. The maximum absolute atomic E-state index is 12.6. The number of carbonyl (C=O) groups is 1. The molecule has 1 unspecified atom stereocenters. The lowest BCUT2D eigenvalue weighted by Gasteiger charge is -2.14. The van der Waals surface area contributed by atoms with Crippen molar-refractivity contribution in [2.75, 3.05) is 0 Å². The van der Waals surface area contributed by atoms with E-state index in [0.717, 1.165) is 11.3 Å². The van der Waals surface area contributed by atoms with Crippen molar-refractivity contribution in [3.63, 3.8) is 0 Å². The molecule has 130 valence electrons. The molecule has 0 fully saturated rings. The number of hydrogen-bond acceptors (Lipinski definition) is 4. The Hall–Kier alpha value is -3.52. The highest BCUT2D eigenvalue weighted by atomic mass is 16.5. The van der Waals surface area contributed by atoms with Gasteiger partial charge in [-0.05, 0) is 42.8 Å². The van der Waals surface area contributed by atoms with Crippen LogP contribution in [0.4, 0.5) is 0 Å². The smallest absolute Gasteiger partial charge is 0.287 e. The third kappa shape index (κ3) is 4.11. The number of hydrogen-bond donors (Lipinski definition) is 1. The summed E-state index contributed by atoms with van der Waals surface area (Å²) in [6.07, 6.45) is 1.47. The van der Waals surface area contributed by atoms with Gasteiger partial charge in [0.2, 0.25) is 0 Å². The van der Waals surface area contributed by atoms with Gasteiger partial charge in [0, 0.05) is 5.56 Å². The van der Waals surface area contributed by atoms with E-state index in [1.807, 2.05) is 43.3 Å². The molecule has 3 rings (SSSR count). The van der Waals surface area contributed by atoms with E-state index in [1.54, 1.807) is 24.3 Å². The summed E-state index contributed by atoms with van der Waals surface area (Å²) in [7, 11) is 0. The Kier molecular flexibility index (Phi) is 5.35. The minimum absolute atomic E-state index is 0.226. The Morgan fingerprint density at radius 2 is 2.00 bits per heavy atom. The predicted octanol–water partition coefficient (Wildman–Crippen LogP) is 4.22. The average molecular weight is 346 g/mol. The van der Waals surface area contributed by atoms with Gasteiger partial charge >= 0.3 is 0 Å². The number of nitrogens with one attached hydrogen (secondary N) is 1. The molecular weight excluding hydrogens is 328 g/mol. The number of rotatable bonds is 6. The van der Waals surface area contributed by atoms with Gasteiger partial charge in [-0.1, -0.05) is 30.3 Å². The molecule has 1 amide bonds. The summed E-state index contributed by atoms with van der Waals surface area (Å²) < 4.78 is 11.0. The van der Waals surface area contributed by atoms with Gasteiger partial charge in [-0.2, -0.15) is 5.26 Å². The van der Waals surface area contributed by atoms with Crippen LogP contribution in [0.15, 0.2) is 71.3 Å². The number of ether oxygens (including phenoxy) is 1. The summed E-state index contributed by atoms with van der Waals surface area (Å²) in [5, 5.41) is 11.9. The van der Waals surface area contributed by atoms with E-state index < -0.39 is 0 Å². The zero-order valence-corrected chi connectivity index (χ0v) is 14.3. The van der Waals surface area contributed by atoms with Gasteiger partial charge in [0.25, 0.3) is 5.91 Å². The lowest BCUT2D eigenvalue weighted by molar-refractivity contribution is 0.0908. The molecule has 0 spiro atoms. The minimum atomic E-state index is -0.323. The molecule has 0 saturated heterocycles. The Balaban J connectivity index is 1.67. The number of benzene rings is 2. The largest absolute Gasteiger partial charge is 0.489 e. The summed E-state index contributed by atoms with van der Waals surface area (Å²) in [5.74, 6) is 0.627. The van der Waals surface area contributed by atoms with Crippen LogP contribution in [0, 0.1) is 11.3 Å². The number of para-hydroxylation sites is 1. The van der Waals surface area contributed by atoms with E-state index in [0.29, 0.717) is 11.1 Å². The number of carbonyl (C=O) groups excluding carboxylic acids is 1. The molecule has 26 heavy (non-hydrogen) atoms. The summed E-state index contributed by atoms with van der Waals surface area (Å²) in [6, 6.07) is 20.1. The fourth-order valence-corrected chi connectivity index (χ4v) is 2.55. The molecule has 0 radical (unpaired) electrons. The number of amides is 1. The third-order valence-corrected chi connectivity index (χ3v) is 3.95. The first-order chi connectivity index (χ1) is 12.7. The van der Waals surface area contributed by atoms with Crippen molar-refractivity contribution in [2.24, 2.45) is 0 Å². The van der Waals surface area contributed by atoms with E-state index in [2.05, 4.69) is 11.4 Å². The molecule has 0 saturated carbocycles. The first-order valence-electron chi connectivity index (χ1n) is 8.22. The van der Waals surface area contributed by atoms with Crippen molar-refractivity contribution in [2.45, 2.75) is 19.6 Å². The van der Waals surface area contributed by atoms with Crippen molar-refractivity contribution in [3.05, 3.63) is 89.4 Å². The number of nitriles is 1. The van der Waals surface area contributed by atoms with Crippen molar-refractivity contribution in [1.82, 2.24) is 5.32 Å². The lowest BCUT2D eigenvalue weighted by atomic mass is 10.1. The first-order valence-corrected chi connectivity index (χ1v) is 8.22. The van der Waals surface area contributed by atoms with Crippen LogP contribution in [0.5, 0.6) is 5.75 Å². The van der Waals surface area contributed by atoms with Crippen molar-refractivity contribution >= 4 is 5.91 Å². The van der Waals surface area contributed by atoms with E-state index in [-0.39, 0.29) is 24.3 Å². The van der Waals surface area contributed by atoms with Crippen LogP contribution in [0.2, 0.25) is 0 Å². The molecule has 1 atom stereocenters. The van der Waals surface area contributed by atoms with E-state index >= 15 is 0 Å². The van der Waals surface area contributed by atoms with Crippen LogP contribution in [0.1, 0.15) is 40.2 Å². The monoisotopic (exact) mass is 346 g/mol. The lowest BCUT2D eigenvalue weighted by Crippen LogP contribution is -2.27. The maximum atomic E-state index is 12.6. The first kappa shape index (κ1) is 17.3. The molecule has 1 heterocycles. The highest BCUT2D eigenvalue weighted by Crippen LogP contribution is 2.18. The second kappa shape index (κ2) is 8.04.